The normalized spacial score (nSPS) is 18.7. The van der Waals surface area contributed by atoms with Gasteiger partial charge in [0.2, 0.25) is 0 Å². The Bertz CT molecular complexity index is 2820. The third-order valence-corrected chi connectivity index (χ3v) is 14.5. The molecule has 6 N–H and O–H groups in total. The number of benzene rings is 4. The van der Waals surface area contributed by atoms with Gasteiger partial charge in [-0.1, -0.05) is 93.9 Å². The summed E-state index contributed by atoms with van der Waals surface area (Å²) >= 11 is 1.64. The van der Waals surface area contributed by atoms with E-state index in [1.165, 1.54) is 6.20 Å². The molecule has 3 unspecified atom stereocenters. The molecular formula is C54H63N6O7PS. The maximum atomic E-state index is 13.3. The topological polar surface area (TPSA) is 193 Å². The van der Waals surface area contributed by atoms with Crippen molar-refractivity contribution < 1.29 is 34.0 Å². The molecule has 0 aliphatic heterocycles. The highest BCUT2D eigenvalue weighted by Gasteiger charge is 2.38. The molecule has 0 saturated carbocycles. The number of nitrogens with two attached hydrogens (primary N) is 1. The third kappa shape index (κ3) is 13.0. The van der Waals surface area contributed by atoms with Crippen molar-refractivity contribution in [2.75, 3.05) is 44.8 Å². The summed E-state index contributed by atoms with van der Waals surface area (Å²) in [5.41, 5.74) is 12.2. The van der Waals surface area contributed by atoms with E-state index in [0.29, 0.717) is 41.9 Å². The van der Waals surface area contributed by atoms with Crippen molar-refractivity contribution >= 4 is 69.7 Å². The Labute approximate surface area is 409 Å². The molecule has 69 heavy (non-hydrogen) atoms. The summed E-state index contributed by atoms with van der Waals surface area (Å²) in [5, 5.41) is 16.6. The molecule has 0 saturated heterocycles. The first-order valence-corrected chi connectivity index (χ1v) is 25.7. The van der Waals surface area contributed by atoms with E-state index in [1.54, 1.807) is 22.3 Å². The summed E-state index contributed by atoms with van der Waals surface area (Å²) in [7, 11) is -0.243. The Morgan fingerprint density at radius 3 is 2.54 bits per heavy atom. The van der Waals surface area contributed by atoms with Crippen molar-refractivity contribution in [2.45, 2.75) is 72.5 Å². The quantitative estimate of drug-likeness (QED) is 0.0278. The van der Waals surface area contributed by atoms with E-state index in [0.717, 1.165) is 67.6 Å². The van der Waals surface area contributed by atoms with Crippen LogP contribution in [0.3, 0.4) is 0 Å². The molecule has 0 spiro atoms. The number of carboxylic acids is 1. The molecule has 2 heterocycles. The molecule has 1 amide bonds. The van der Waals surface area contributed by atoms with Crippen LogP contribution in [0, 0.1) is 10.8 Å². The number of fused-ring (bicyclic) bond motifs is 2. The number of hydrogen-bond donors (Lipinski definition) is 5. The number of nitrogens with zero attached hydrogens (tertiary/aromatic N) is 4. The van der Waals surface area contributed by atoms with Crippen LogP contribution in [0.5, 0.6) is 0 Å². The number of amides is 1. The van der Waals surface area contributed by atoms with E-state index in [1.807, 2.05) is 86.8 Å². The zero-order chi connectivity index (χ0) is 49.1. The summed E-state index contributed by atoms with van der Waals surface area (Å²) in [6, 6.07) is 31.5. The number of nitrogens with one attached hydrogen (secondary N) is 1. The van der Waals surface area contributed by atoms with Gasteiger partial charge in [-0.2, -0.15) is 0 Å². The number of carbonyl (C=O) groups is 2. The summed E-state index contributed by atoms with van der Waals surface area (Å²) in [6.07, 6.45) is 9.07. The van der Waals surface area contributed by atoms with Crippen molar-refractivity contribution in [3.8, 4) is 21.8 Å². The summed E-state index contributed by atoms with van der Waals surface area (Å²) in [6.45, 7) is 9.82. The minimum Gasteiger partial charge on any atom is -0.476 e. The second-order valence-corrected chi connectivity index (χ2v) is 20.6. The summed E-state index contributed by atoms with van der Waals surface area (Å²) in [5.74, 6) is -1.18. The Hall–Kier alpha value is -6.02. The van der Waals surface area contributed by atoms with Crippen LogP contribution in [0.1, 0.15) is 81.4 Å². The first-order valence-electron chi connectivity index (χ1n) is 23.4. The lowest BCUT2D eigenvalue weighted by molar-refractivity contribution is 0.0289. The maximum absolute atomic E-state index is 13.3. The van der Waals surface area contributed by atoms with E-state index in [9.17, 15) is 24.5 Å². The van der Waals surface area contributed by atoms with Crippen molar-refractivity contribution in [3.05, 3.63) is 132 Å². The molecule has 7 rings (SSSR count). The average Bonchev–Trinajstić information content (AvgIpc) is 3.73. The Morgan fingerprint density at radius 1 is 1.01 bits per heavy atom. The van der Waals surface area contributed by atoms with E-state index >= 15 is 0 Å². The van der Waals surface area contributed by atoms with Gasteiger partial charge in [0.15, 0.2) is 14.1 Å². The van der Waals surface area contributed by atoms with E-state index in [4.69, 9.17) is 30.2 Å². The molecule has 362 valence electrons. The van der Waals surface area contributed by atoms with Crippen LogP contribution in [0.25, 0.3) is 48.4 Å². The fourth-order valence-corrected chi connectivity index (χ4v) is 10.8. The van der Waals surface area contributed by atoms with Gasteiger partial charge in [0, 0.05) is 72.7 Å². The van der Waals surface area contributed by atoms with Gasteiger partial charge < -0.3 is 40.3 Å². The van der Waals surface area contributed by atoms with Crippen LogP contribution in [-0.2, 0) is 16.1 Å². The van der Waals surface area contributed by atoms with Crippen molar-refractivity contribution in [1.82, 2.24) is 14.9 Å². The fourth-order valence-electron chi connectivity index (χ4n) is 9.40. The first kappa shape index (κ1) is 50.8. The van der Waals surface area contributed by atoms with Crippen LogP contribution >= 0.6 is 19.7 Å². The number of aromatic nitrogens is 2. The smallest absolute Gasteiger partial charge is 0.410 e. The lowest BCUT2D eigenvalue weighted by Crippen LogP contribution is -2.37. The number of hydrogen-bond acceptors (Lipinski definition) is 12. The standard InChI is InChI=1S/C54H63N6O7PS/c1-6-24-53(3)25-23-41(66-28-27-60(26-10-29-68(64)65)52(63)67-33-37-15-19-40(56-5)20-16-37)31-54(4,34-53)35-57-36(2)45(32-55)42-21-22-46(58-49(42)51(61)62)39-18-17-38-11-9-12-43(44(38)30-39)50-59-47-13-7-8-14-48(47)69-50/h7-9,11-23,25,30,32,41,56,64-65H,6,10,24,26-29,31,33-35,55H2,1-5H3,(H,61,62). The molecule has 1 aliphatic rings. The molecule has 1 aliphatic carbocycles. The van der Waals surface area contributed by atoms with Crippen molar-refractivity contribution in [1.29, 1.82) is 0 Å². The summed E-state index contributed by atoms with van der Waals surface area (Å²) < 4.78 is 13.3. The number of anilines is 1. The van der Waals surface area contributed by atoms with E-state index in [-0.39, 0.29) is 55.1 Å². The van der Waals surface area contributed by atoms with Gasteiger partial charge in [-0.05, 0) is 102 Å². The number of rotatable bonds is 20. The Morgan fingerprint density at radius 2 is 1.81 bits per heavy atom. The van der Waals surface area contributed by atoms with E-state index < -0.39 is 20.4 Å². The van der Waals surface area contributed by atoms with Crippen LogP contribution in [0.15, 0.2) is 120 Å². The molecule has 0 bridgehead atoms. The van der Waals surface area contributed by atoms with Gasteiger partial charge in [0.25, 0.3) is 0 Å². The number of allylic oxidation sites excluding steroid dienone is 2. The fraction of sp³-hybridized carbons (Fsp3) is 0.352. The zero-order valence-corrected chi connectivity index (χ0v) is 41.7. The van der Waals surface area contributed by atoms with Gasteiger partial charge in [-0.25, -0.2) is 19.6 Å². The van der Waals surface area contributed by atoms with Gasteiger partial charge in [-0.15, -0.1) is 11.3 Å². The van der Waals surface area contributed by atoms with Gasteiger partial charge >= 0.3 is 12.1 Å². The molecule has 2 aromatic heterocycles. The minimum atomic E-state index is -2.08. The predicted molar refractivity (Wildman–Crippen MR) is 281 cm³/mol. The molecule has 13 nitrogen and oxygen atoms in total. The highest BCUT2D eigenvalue weighted by molar-refractivity contribution is 7.45. The number of carbonyl (C=O) groups excluding carboxylic acids is 1. The number of aromatic carboxylic acids is 1. The predicted octanol–water partition coefficient (Wildman–Crippen LogP) is 11.6. The molecule has 15 heteroatoms. The molecule has 4 aromatic carbocycles. The Balaban J connectivity index is 1.07. The van der Waals surface area contributed by atoms with Gasteiger partial charge in [0.05, 0.1) is 28.6 Å². The van der Waals surface area contributed by atoms with E-state index in [2.05, 4.69) is 56.4 Å². The maximum Gasteiger partial charge on any atom is 0.410 e. The second kappa shape index (κ2) is 23.1. The van der Waals surface area contributed by atoms with Crippen LogP contribution in [0.2, 0.25) is 0 Å². The summed E-state index contributed by atoms with van der Waals surface area (Å²) in [4.78, 5) is 61.7. The lowest BCUT2D eigenvalue weighted by Gasteiger charge is -2.36. The lowest BCUT2D eigenvalue weighted by atomic mass is 9.70. The third-order valence-electron chi connectivity index (χ3n) is 12.7. The monoisotopic (exact) mass is 970 g/mol. The Kier molecular flexibility index (Phi) is 17.0. The number of para-hydroxylation sites is 1. The molecule has 6 aromatic rings. The van der Waals surface area contributed by atoms with Gasteiger partial charge in [0.1, 0.15) is 11.6 Å². The largest absolute Gasteiger partial charge is 0.476 e. The SMILES string of the molecule is CCCC1(C)C=CC(OCCN(CCCP(O)O)C(=O)OCc2ccc(NC)cc2)CC(C)(CN=C(C)C(=CN)c2ccc(-c3ccc4cccc(-c5nc6ccccc6s5)c4c3)nc2C(=O)O)C1. The highest BCUT2D eigenvalue weighted by atomic mass is 32.1. The van der Waals surface area contributed by atoms with Crippen LogP contribution in [0.4, 0.5) is 10.5 Å². The van der Waals surface area contributed by atoms with Crippen LogP contribution in [-0.4, -0.2) is 93.1 Å². The molecule has 0 radical (unpaired) electrons. The van der Waals surface area contributed by atoms with Crippen LogP contribution < -0.4 is 11.1 Å². The zero-order valence-electron chi connectivity index (χ0n) is 40.0. The average molecular weight is 971 g/mol. The number of pyridine rings is 1. The van der Waals surface area contributed by atoms with Gasteiger partial charge in [-0.3, -0.25) is 4.99 Å². The van der Waals surface area contributed by atoms with Crippen molar-refractivity contribution in [3.63, 3.8) is 0 Å². The first-order chi connectivity index (χ1) is 33.2. The molecular weight excluding hydrogens is 908 g/mol. The highest BCUT2D eigenvalue weighted by Crippen LogP contribution is 2.45. The number of ether oxygens (including phenoxy) is 2. The number of aliphatic imine (C=N–C) groups is 1. The minimum absolute atomic E-state index is 0.103. The molecule has 3 atom stereocenters. The number of thiazole rings is 1. The molecule has 0 fully saturated rings. The second-order valence-electron chi connectivity index (χ2n) is 18.4. The number of carboxylic acid groups (broad SMARTS) is 1. The van der Waals surface area contributed by atoms with Crippen molar-refractivity contribution in [2.24, 2.45) is 21.6 Å².